The molecular weight excluding hydrogens is 314 g/mol. The lowest BCUT2D eigenvalue weighted by Gasteiger charge is -2.30. The second-order valence-corrected chi connectivity index (χ2v) is 7.17. The highest BCUT2D eigenvalue weighted by Gasteiger charge is 2.24. The molecule has 1 aromatic rings. The van der Waals surface area contributed by atoms with Gasteiger partial charge in [0.2, 0.25) is 0 Å². The van der Waals surface area contributed by atoms with Crippen molar-refractivity contribution in [2.24, 2.45) is 10.4 Å². The topological polar surface area (TPSA) is 54.9 Å². The van der Waals surface area contributed by atoms with E-state index in [-0.39, 0.29) is 11.5 Å². The van der Waals surface area contributed by atoms with Crippen LogP contribution in [-0.2, 0) is 15.9 Å². The molecule has 0 fully saturated rings. The van der Waals surface area contributed by atoms with Crippen LogP contribution in [0, 0.1) is 5.41 Å². The van der Waals surface area contributed by atoms with E-state index in [4.69, 9.17) is 9.47 Å². The average molecular weight is 350 g/mol. The summed E-state index contributed by atoms with van der Waals surface area (Å²) in [5, 5.41) is 6.64. The number of hydrogen-bond donors (Lipinski definition) is 2. The molecular formula is C20H35N3O2. The Morgan fingerprint density at radius 1 is 1.12 bits per heavy atom. The lowest BCUT2D eigenvalue weighted by Crippen LogP contribution is -2.45. The number of nitrogens with one attached hydrogen (secondary N) is 2. The Morgan fingerprint density at radius 3 is 2.44 bits per heavy atom. The van der Waals surface area contributed by atoms with Crippen molar-refractivity contribution in [2.45, 2.75) is 39.7 Å². The zero-order chi connectivity index (χ0) is 18.5. The van der Waals surface area contributed by atoms with Crippen molar-refractivity contribution in [1.82, 2.24) is 10.6 Å². The van der Waals surface area contributed by atoms with Crippen LogP contribution in [0.2, 0.25) is 0 Å². The summed E-state index contributed by atoms with van der Waals surface area (Å²) in [4.78, 5) is 4.25. The average Bonchev–Trinajstić information content (AvgIpc) is 2.59. The molecule has 1 atom stereocenters. The molecule has 0 aromatic heterocycles. The van der Waals surface area contributed by atoms with Crippen molar-refractivity contribution in [2.75, 3.05) is 40.5 Å². The maximum Gasteiger partial charge on any atom is 0.191 e. The molecule has 0 radical (unpaired) electrons. The maximum absolute atomic E-state index is 5.69. The Bertz CT molecular complexity index is 483. The molecule has 1 unspecified atom stereocenters. The highest BCUT2D eigenvalue weighted by atomic mass is 16.5. The molecule has 1 rings (SSSR count). The van der Waals surface area contributed by atoms with E-state index >= 15 is 0 Å². The van der Waals surface area contributed by atoms with Gasteiger partial charge in [-0.15, -0.1) is 0 Å². The van der Waals surface area contributed by atoms with Gasteiger partial charge >= 0.3 is 0 Å². The van der Waals surface area contributed by atoms with Crippen molar-refractivity contribution in [3.05, 3.63) is 35.9 Å². The highest BCUT2D eigenvalue weighted by molar-refractivity contribution is 5.79. The molecule has 2 N–H and O–H groups in total. The van der Waals surface area contributed by atoms with Crippen LogP contribution in [-0.4, -0.2) is 52.5 Å². The first-order valence-electron chi connectivity index (χ1n) is 9.06. The Morgan fingerprint density at radius 2 is 1.84 bits per heavy atom. The normalized spacial score (nSPS) is 13.6. The van der Waals surface area contributed by atoms with Gasteiger partial charge in [0.15, 0.2) is 5.96 Å². The fourth-order valence-corrected chi connectivity index (χ4v) is 2.47. The molecule has 5 nitrogen and oxygen atoms in total. The number of benzene rings is 1. The van der Waals surface area contributed by atoms with E-state index in [1.54, 1.807) is 14.2 Å². The van der Waals surface area contributed by atoms with E-state index < -0.39 is 0 Å². The molecule has 0 amide bonds. The molecule has 0 spiro atoms. The van der Waals surface area contributed by atoms with Crippen LogP contribution in [0.1, 0.15) is 32.8 Å². The minimum absolute atomic E-state index is 0.0905. The smallest absolute Gasteiger partial charge is 0.191 e. The highest BCUT2D eigenvalue weighted by Crippen LogP contribution is 2.20. The van der Waals surface area contributed by atoms with Crippen LogP contribution in [0.25, 0.3) is 0 Å². The quantitative estimate of drug-likeness (QED) is 0.387. The fourth-order valence-electron chi connectivity index (χ4n) is 2.47. The van der Waals surface area contributed by atoms with E-state index in [0.717, 1.165) is 45.1 Å². The van der Waals surface area contributed by atoms with Gasteiger partial charge in [-0.2, -0.15) is 0 Å². The third kappa shape index (κ3) is 9.46. The minimum atomic E-state index is 0.0905. The Hall–Kier alpha value is -1.59. The van der Waals surface area contributed by atoms with E-state index in [1.807, 2.05) is 6.07 Å². The number of ether oxygens (including phenoxy) is 2. The van der Waals surface area contributed by atoms with Crippen LogP contribution >= 0.6 is 0 Å². The minimum Gasteiger partial charge on any atom is -0.381 e. The van der Waals surface area contributed by atoms with Crippen LogP contribution < -0.4 is 10.6 Å². The standard InChI is InChI=1S/C20H35N3O2/c1-20(2,3)18(24-5)16-23-19(21-4)22-13-9-14-25-15-12-17-10-7-6-8-11-17/h6-8,10-11,18H,9,12-16H2,1-5H3,(H2,21,22,23). The largest absolute Gasteiger partial charge is 0.381 e. The second-order valence-electron chi connectivity index (χ2n) is 7.17. The summed E-state index contributed by atoms with van der Waals surface area (Å²) >= 11 is 0. The first-order valence-corrected chi connectivity index (χ1v) is 9.06. The summed E-state index contributed by atoms with van der Waals surface area (Å²) in [6.45, 7) is 9.59. The first kappa shape index (κ1) is 21.5. The van der Waals surface area contributed by atoms with E-state index in [9.17, 15) is 0 Å². The zero-order valence-corrected chi connectivity index (χ0v) is 16.5. The molecule has 0 bridgehead atoms. The van der Waals surface area contributed by atoms with Crippen LogP contribution in [0.4, 0.5) is 0 Å². The van der Waals surface area contributed by atoms with Crippen molar-refractivity contribution < 1.29 is 9.47 Å². The van der Waals surface area contributed by atoms with Crippen LogP contribution in [0.15, 0.2) is 35.3 Å². The summed E-state index contributed by atoms with van der Waals surface area (Å²) in [6.07, 6.45) is 2.04. The molecule has 0 saturated heterocycles. The fraction of sp³-hybridized carbons (Fsp3) is 0.650. The van der Waals surface area contributed by atoms with Crippen molar-refractivity contribution in [3.63, 3.8) is 0 Å². The van der Waals surface area contributed by atoms with E-state index in [0.29, 0.717) is 0 Å². The van der Waals surface area contributed by atoms with Gasteiger partial charge in [-0.05, 0) is 23.8 Å². The van der Waals surface area contributed by atoms with Gasteiger partial charge in [0.25, 0.3) is 0 Å². The number of nitrogens with zero attached hydrogens (tertiary/aromatic N) is 1. The van der Waals surface area contributed by atoms with Crippen LogP contribution in [0.5, 0.6) is 0 Å². The van der Waals surface area contributed by atoms with Crippen LogP contribution in [0.3, 0.4) is 0 Å². The van der Waals surface area contributed by atoms with Gasteiger partial charge in [0.05, 0.1) is 12.7 Å². The molecule has 0 aliphatic rings. The Labute approximate surface area is 153 Å². The zero-order valence-electron chi connectivity index (χ0n) is 16.5. The lowest BCUT2D eigenvalue weighted by atomic mass is 9.89. The van der Waals surface area contributed by atoms with Gasteiger partial charge in [0, 0.05) is 33.9 Å². The summed E-state index contributed by atoms with van der Waals surface area (Å²) < 4.78 is 11.2. The Balaban J connectivity index is 2.11. The maximum atomic E-state index is 5.69. The van der Waals surface area contributed by atoms with Crippen molar-refractivity contribution >= 4 is 5.96 Å². The molecule has 142 valence electrons. The van der Waals surface area contributed by atoms with E-state index in [1.165, 1.54) is 5.56 Å². The summed E-state index contributed by atoms with van der Waals surface area (Å²) in [5.41, 5.74) is 1.41. The molecule has 25 heavy (non-hydrogen) atoms. The Kier molecular flexibility index (Phi) is 10.2. The molecule has 0 heterocycles. The van der Waals surface area contributed by atoms with Gasteiger partial charge < -0.3 is 20.1 Å². The second kappa shape index (κ2) is 11.9. The molecule has 0 aliphatic carbocycles. The molecule has 0 aliphatic heterocycles. The number of methoxy groups -OCH3 is 1. The van der Waals surface area contributed by atoms with E-state index in [2.05, 4.69) is 60.7 Å². The van der Waals surface area contributed by atoms with Gasteiger partial charge in [-0.1, -0.05) is 51.1 Å². The molecule has 5 heteroatoms. The lowest BCUT2D eigenvalue weighted by molar-refractivity contribution is 0.0205. The summed E-state index contributed by atoms with van der Waals surface area (Å²) in [6, 6.07) is 10.4. The number of rotatable bonds is 10. The predicted octanol–water partition coefficient (Wildman–Crippen LogP) is 2.86. The van der Waals surface area contributed by atoms with Gasteiger partial charge in [0.1, 0.15) is 0 Å². The third-order valence-corrected chi connectivity index (χ3v) is 4.06. The van der Waals surface area contributed by atoms with Gasteiger partial charge in [-0.25, -0.2) is 0 Å². The van der Waals surface area contributed by atoms with Crippen molar-refractivity contribution in [3.8, 4) is 0 Å². The SMILES string of the molecule is CN=C(NCCCOCCc1ccccc1)NCC(OC)C(C)(C)C. The number of guanidine groups is 1. The predicted molar refractivity (Wildman–Crippen MR) is 105 cm³/mol. The third-order valence-electron chi connectivity index (χ3n) is 4.06. The van der Waals surface area contributed by atoms with Crippen molar-refractivity contribution in [1.29, 1.82) is 0 Å². The summed E-state index contributed by atoms with van der Waals surface area (Å²) in [7, 11) is 3.53. The first-order chi connectivity index (χ1) is 12.0. The summed E-state index contributed by atoms with van der Waals surface area (Å²) in [5.74, 6) is 0.801. The molecule has 0 saturated carbocycles. The van der Waals surface area contributed by atoms with Gasteiger partial charge in [-0.3, -0.25) is 4.99 Å². The monoisotopic (exact) mass is 349 g/mol. The molecule has 1 aromatic carbocycles. The number of aliphatic imine (C=N–C) groups is 1. The number of hydrogen-bond acceptors (Lipinski definition) is 3.